The molecule has 1 fully saturated rings. The predicted molar refractivity (Wildman–Crippen MR) is 73.3 cm³/mol. The first-order valence-electron chi connectivity index (χ1n) is 7.14. The van der Waals surface area contributed by atoms with E-state index in [-0.39, 0.29) is 24.0 Å². The summed E-state index contributed by atoms with van der Waals surface area (Å²) in [5, 5.41) is 15.4. The molecule has 3 N–H and O–H groups in total. The van der Waals surface area contributed by atoms with Crippen LogP contribution in [-0.2, 0) is 4.79 Å². The van der Waals surface area contributed by atoms with Crippen LogP contribution in [0.15, 0.2) is 0 Å². The van der Waals surface area contributed by atoms with Crippen LogP contribution in [0, 0.1) is 11.3 Å². The molecular formula is C14H28N2O2. The molecular weight excluding hydrogens is 228 g/mol. The van der Waals surface area contributed by atoms with Crippen molar-refractivity contribution in [1.82, 2.24) is 10.6 Å². The van der Waals surface area contributed by atoms with E-state index < -0.39 is 0 Å². The molecule has 0 aliphatic carbocycles. The Balaban J connectivity index is 2.56. The Kier molecular flexibility index (Phi) is 6.09. The maximum Gasteiger partial charge on any atom is 0.226 e. The van der Waals surface area contributed by atoms with Crippen molar-refractivity contribution in [1.29, 1.82) is 0 Å². The second kappa shape index (κ2) is 7.10. The van der Waals surface area contributed by atoms with Gasteiger partial charge in [0.2, 0.25) is 5.91 Å². The SMILES string of the molecule is CCC(CCO)NC(=O)C(C)(C)C1CCCNC1. The Morgan fingerprint density at radius 3 is 2.78 bits per heavy atom. The average molecular weight is 256 g/mol. The molecule has 1 rings (SSSR count). The van der Waals surface area contributed by atoms with Crippen LogP contribution in [0.3, 0.4) is 0 Å². The van der Waals surface area contributed by atoms with Crippen molar-refractivity contribution in [3.63, 3.8) is 0 Å². The van der Waals surface area contributed by atoms with E-state index in [1.54, 1.807) is 0 Å². The summed E-state index contributed by atoms with van der Waals surface area (Å²) < 4.78 is 0. The molecule has 1 aliphatic heterocycles. The van der Waals surface area contributed by atoms with Crippen LogP contribution in [0.1, 0.15) is 46.5 Å². The maximum atomic E-state index is 12.4. The number of nitrogens with one attached hydrogen (secondary N) is 2. The van der Waals surface area contributed by atoms with Crippen LogP contribution < -0.4 is 10.6 Å². The van der Waals surface area contributed by atoms with Gasteiger partial charge in [0, 0.05) is 18.1 Å². The minimum absolute atomic E-state index is 0.0957. The van der Waals surface area contributed by atoms with E-state index in [0.29, 0.717) is 12.3 Å². The van der Waals surface area contributed by atoms with Gasteiger partial charge in [0.05, 0.1) is 0 Å². The van der Waals surface area contributed by atoms with Crippen LogP contribution in [0.2, 0.25) is 0 Å². The van der Waals surface area contributed by atoms with Crippen molar-refractivity contribution in [3.05, 3.63) is 0 Å². The third-order valence-electron chi connectivity index (χ3n) is 4.21. The fourth-order valence-corrected chi connectivity index (χ4v) is 2.56. The standard InChI is InChI=1S/C14H28N2O2/c1-4-12(7-9-17)16-13(18)14(2,3)11-6-5-8-15-10-11/h11-12,15,17H,4-10H2,1-3H3,(H,16,18). The molecule has 0 aromatic rings. The Morgan fingerprint density at radius 1 is 1.56 bits per heavy atom. The third-order valence-corrected chi connectivity index (χ3v) is 4.21. The zero-order valence-corrected chi connectivity index (χ0v) is 12.0. The summed E-state index contributed by atoms with van der Waals surface area (Å²) in [7, 11) is 0. The molecule has 0 radical (unpaired) electrons. The number of hydrogen-bond acceptors (Lipinski definition) is 3. The Bertz CT molecular complexity index is 261. The topological polar surface area (TPSA) is 61.4 Å². The largest absolute Gasteiger partial charge is 0.396 e. The monoisotopic (exact) mass is 256 g/mol. The van der Waals surface area contributed by atoms with Crippen LogP contribution in [0.5, 0.6) is 0 Å². The first-order valence-corrected chi connectivity index (χ1v) is 7.14. The van der Waals surface area contributed by atoms with E-state index in [4.69, 9.17) is 5.11 Å². The molecule has 1 amide bonds. The lowest BCUT2D eigenvalue weighted by Gasteiger charge is -2.37. The first kappa shape index (κ1) is 15.4. The zero-order chi connectivity index (χ0) is 13.6. The number of piperidine rings is 1. The number of amides is 1. The number of hydrogen-bond donors (Lipinski definition) is 3. The van der Waals surface area contributed by atoms with Crippen molar-refractivity contribution >= 4 is 5.91 Å². The highest BCUT2D eigenvalue weighted by atomic mass is 16.3. The molecule has 18 heavy (non-hydrogen) atoms. The van der Waals surface area contributed by atoms with Gasteiger partial charge in [0.25, 0.3) is 0 Å². The quantitative estimate of drug-likeness (QED) is 0.671. The van der Waals surface area contributed by atoms with Crippen molar-refractivity contribution < 1.29 is 9.90 Å². The summed E-state index contributed by atoms with van der Waals surface area (Å²) in [6.07, 6.45) is 3.77. The van der Waals surface area contributed by atoms with E-state index in [1.165, 1.54) is 0 Å². The summed E-state index contributed by atoms with van der Waals surface area (Å²) in [5.74, 6) is 0.523. The van der Waals surface area contributed by atoms with Gasteiger partial charge in [0.1, 0.15) is 0 Å². The Morgan fingerprint density at radius 2 is 2.28 bits per heavy atom. The molecule has 1 heterocycles. The summed E-state index contributed by atoms with van der Waals surface area (Å²) in [5.41, 5.74) is -0.337. The van der Waals surface area contributed by atoms with Gasteiger partial charge in [-0.2, -0.15) is 0 Å². The van der Waals surface area contributed by atoms with Crippen molar-refractivity contribution in [2.75, 3.05) is 19.7 Å². The molecule has 2 unspecified atom stereocenters. The van der Waals surface area contributed by atoms with E-state index in [2.05, 4.69) is 10.6 Å². The van der Waals surface area contributed by atoms with E-state index in [0.717, 1.165) is 32.4 Å². The molecule has 106 valence electrons. The highest BCUT2D eigenvalue weighted by Gasteiger charge is 2.37. The molecule has 0 spiro atoms. The Hall–Kier alpha value is -0.610. The van der Waals surface area contributed by atoms with E-state index >= 15 is 0 Å². The van der Waals surface area contributed by atoms with Crippen molar-refractivity contribution in [2.24, 2.45) is 11.3 Å². The van der Waals surface area contributed by atoms with Gasteiger partial charge >= 0.3 is 0 Å². The van der Waals surface area contributed by atoms with Gasteiger partial charge in [-0.15, -0.1) is 0 Å². The normalized spacial score (nSPS) is 22.6. The fraction of sp³-hybridized carbons (Fsp3) is 0.929. The second-order valence-electron chi connectivity index (χ2n) is 5.86. The van der Waals surface area contributed by atoms with Gasteiger partial charge in [-0.3, -0.25) is 4.79 Å². The maximum absolute atomic E-state index is 12.4. The highest BCUT2D eigenvalue weighted by Crippen LogP contribution is 2.32. The lowest BCUT2D eigenvalue weighted by molar-refractivity contribution is -0.133. The number of carbonyl (C=O) groups is 1. The molecule has 0 aromatic heterocycles. The van der Waals surface area contributed by atoms with Crippen LogP contribution in [0.25, 0.3) is 0 Å². The molecule has 0 aromatic carbocycles. The van der Waals surface area contributed by atoms with Gasteiger partial charge in [0.15, 0.2) is 0 Å². The summed E-state index contributed by atoms with van der Waals surface area (Å²) >= 11 is 0. The smallest absolute Gasteiger partial charge is 0.226 e. The minimum atomic E-state index is -0.337. The lowest BCUT2D eigenvalue weighted by Crippen LogP contribution is -2.49. The van der Waals surface area contributed by atoms with Gasteiger partial charge in [-0.25, -0.2) is 0 Å². The van der Waals surface area contributed by atoms with E-state index in [1.807, 2.05) is 20.8 Å². The summed E-state index contributed by atoms with van der Waals surface area (Å²) in [6.45, 7) is 8.23. The zero-order valence-electron chi connectivity index (χ0n) is 12.0. The van der Waals surface area contributed by atoms with Crippen LogP contribution in [-0.4, -0.2) is 36.8 Å². The number of aliphatic hydroxyl groups excluding tert-OH is 1. The summed E-state index contributed by atoms with van der Waals surface area (Å²) in [4.78, 5) is 12.4. The van der Waals surface area contributed by atoms with Crippen molar-refractivity contribution in [3.8, 4) is 0 Å². The van der Waals surface area contributed by atoms with Gasteiger partial charge in [-0.1, -0.05) is 20.8 Å². The average Bonchev–Trinajstić information content (AvgIpc) is 2.39. The second-order valence-corrected chi connectivity index (χ2v) is 5.86. The highest BCUT2D eigenvalue weighted by molar-refractivity contribution is 5.82. The van der Waals surface area contributed by atoms with Crippen molar-refractivity contribution in [2.45, 2.75) is 52.5 Å². The first-order chi connectivity index (χ1) is 8.52. The number of aliphatic hydroxyl groups is 1. The molecule has 1 aliphatic rings. The van der Waals surface area contributed by atoms with Crippen LogP contribution >= 0.6 is 0 Å². The number of rotatable bonds is 6. The van der Waals surface area contributed by atoms with Gasteiger partial charge in [-0.05, 0) is 44.7 Å². The fourth-order valence-electron chi connectivity index (χ4n) is 2.56. The lowest BCUT2D eigenvalue weighted by atomic mass is 9.74. The van der Waals surface area contributed by atoms with E-state index in [9.17, 15) is 4.79 Å². The Labute approximate surface area is 111 Å². The minimum Gasteiger partial charge on any atom is -0.396 e. The molecule has 4 heteroatoms. The van der Waals surface area contributed by atoms with Crippen LogP contribution in [0.4, 0.5) is 0 Å². The summed E-state index contributed by atoms with van der Waals surface area (Å²) in [6, 6.07) is 0.0957. The molecule has 0 saturated carbocycles. The molecule has 2 atom stereocenters. The molecule has 1 saturated heterocycles. The van der Waals surface area contributed by atoms with Gasteiger partial charge < -0.3 is 15.7 Å². The predicted octanol–water partition coefficient (Wildman–Crippen LogP) is 1.29. The third kappa shape index (κ3) is 3.95. The molecule has 4 nitrogen and oxygen atoms in total. The molecule has 0 bridgehead atoms. The number of carbonyl (C=O) groups excluding carboxylic acids is 1.